The quantitative estimate of drug-likeness (QED) is 0.0779. The summed E-state index contributed by atoms with van der Waals surface area (Å²) in [6.45, 7) is 12.4. The summed E-state index contributed by atoms with van der Waals surface area (Å²) in [6, 6.07) is 0. The first-order chi connectivity index (χ1) is 19.2. The summed E-state index contributed by atoms with van der Waals surface area (Å²) >= 11 is 0. The number of phosphoric ester groups is 1. The average Bonchev–Trinajstić information content (AvgIpc) is 3.28. The minimum Gasteiger partial charge on any atom is -0.756 e. The molecule has 0 aromatic rings. The van der Waals surface area contributed by atoms with Gasteiger partial charge in [-0.05, 0) is 77.9 Å². The van der Waals surface area contributed by atoms with Gasteiger partial charge in [0, 0.05) is 19.4 Å². The third kappa shape index (κ3) is 6.54. The summed E-state index contributed by atoms with van der Waals surface area (Å²) in [4.78, 5) is 12.9. The standard InChI is InChI=1S/C28H49O12PS.2Na/c1-13(2)15(4)17-12-14(3)19-23(38-17)24(39-41(32,33)37-7)20-18-16(8-9-27(19,20)6)26(5)10-11-28(31,40-42(34,35)36)25(26)22(30)21(18)29;;/h13-25,29-31H,8-12H2,1-7H3,(H,32,33)(H,34,35,36);;/q;2*+1/p-2/t14-,15-,16+,17-,18-,19+,20-,21-,22-,23+,24+,25-,26-,27-,28-;;/m1../s1. The van der Waals surface area contributed by atoms with E-state index >= 15 is 0 Å². The summed E-state index contributed by atoms with van der Waals surface area (Å²) in [5, 5.41) is 34.6. The summed E-state index contributed by atoms with van der Waals surface area (Å²) in [6.07, 6.45) is -2.84. The Balaban J connectivity index is 0.00000264. The second-order valence-corrected chi connectivity index (χ2v) is 17.2. The molecule has 5 rings (SSSR count). The molecule has 1 aliphatic heterocycles. The van der Waals surface area contributed by atoms with Crippen LogP contribution in [0.25, 0.3) is 0 Å². The molecule has 16 heteroatoms. The van der Waals surface area contributed by atoms with Gasteiger partial charge in [0.05, 0.1) is 30.5 Å². The molecule has 1 saturated heterocycles. The number of fused-ring (bicyclic) bond motifs is 7. The Bertz CT molecular complexity index is 1210. The molecule has 1 heterocycles. The van der Waals surface area contributed by atoms with Crippen LogP contribution in [-0.4, -0.2) is 71.7 Å². The third-order valence-corrected chi connectivity index (χ3v) is 13.9. The van der Waals surface area contributed by atoms with Crippen molar-refractivity contribution in [3.63, 3.8) is 0 Å². The van der Waals surface area contributed by atoms with Crippen LogP contribution in [0.1, 0.15) is 73.6 Å². The first kappa shape index (κ1) is 40.3. The van der Waals surface area contributed by atoms with Crippen molar-refractivity contribution in [2.75, 3.05) is 7.11 Å². The van der Waals surface area contributed by atoms with E-state index < -0.39 is 77.0 Å². The summed E-state index contributed by atoms with van der Waals surface area (Å²) in [7, 11) is -9.05. The third-order valence-electron chi connectivity index (χ3n) is 12.5. The SMILES string of the molecule is COP(=O)([O-])O[C@@H]1[C@H]2O[C@@H]([C@H](C)C(C)C)C[C@@H](C)[C@@H]2[C@@]2(C)CC[C@H]3[C@@H]([C@@H](O)[C@@H](O)[C@@H]4[C@]3(C)CC[C@@]4(O)OS(=O)(=O)[O-])[C@H]12.[Na+].[Na+]. The summed E-state index contributed by atoms with van der Waals surface area (Å²) < 4.78 is 69.5. The molecular formula is C28H47Na2O12PS. The van der Waals surface area contributed by atoms with Gasteiger partial charge >= 0.3 is 59.1 Å². The molecule has 244 valence electrons. The molecule has 5 aliphatic rings. The van der Waals surface area contributed by atoms with Crippen molar-refractivity contribution in [1.29, 1.82) is 0 Å². The molecule has 44 heavy (non-hydrogen) atoms. The molecule has 4 saturated carbocycles. The van der Waals surface area contributed by atoms with Crippen molar-refractivity contribution in [2.24, 2.45) is 58.2 Å². The Morgan fingerprint density at radius 2 is 1.64 bits per heavy atom. The fourth-order valence-corrected chi connectivity index (χ4v) is 11.7. The van der Waals surface area contributed by atoms with E-state index in [1.165, 1.54) is 0 Å². The second kappa shape index (κ2) is 13.5. The molecule has 0 radical (unpaired) electrons. The number of ether oxygens (including phenoxy) is 1. The van der Waals surface area contributed by atoms with Gasteiger partial charge in [0.1, 0.15) is 0 Å². The maximum absolute atomic E-state index is 12.9. The zero-order valence-electron chi connectivity index (χ0n) is 27.4. The molecule has 0 bridgehead atoms. The minimum absolute atomic E-state index is 0. The van der Waals surface area contributed by atoms with Gasteiger partial charge in [-0.3, -0.25) is 4.57 Å². The molecule has 0 aromatic heterocycles. The Morgan fingerprint density at radius 3 is 2.18 bits per heavy atom. The van der Waals surface area contributed by atoms with Crippen molar-refractivity contribution in [3.05, 3.63) is 0 Å². The van der Waals surface area contributed by atoms with Crippen LogP contribution in [0.3, 0.4) is 0 Å². The number of hydrogen-bond acceptors (Lipinski definition) is 12. The average molecular weight is 685 g/mol. The van der Waals surface area contributed by atoms with E-state index in [9.17, 15) is 37.7 Å². The van der Waals surface area contributed by atoms with Crippen molar-refractivity contribution in [2.45, 2.75) is 110 Å². The Hall–Kier alpha value is 1.82. The van der Waals surface area contributed by atoms with Crippen molar-refractivity contribution in [3.8, 4) is 0 Å². The Morgan fingerprint density at radius 1 is 1.02 bits per heavy atom. The fourth-order valence-electron chi connectivity index (χ4n) is 10.5. The van der Waals surface area contributed by atoms with Gasteiger partial charge in [-0.15, -0.1) is 0 Å². The van der Waals surface area contributed by atoms with Crippen LogP contribution in [0.15, 0.2) is 0 Å². The van der Waals surface area contributed by atoms with E-state index in [2.05, 4.69) is 38.8 Å². The predicted molar refractivity (Wildman–Crippen MR) is 146 cm³/mol. The van der Waals surface area contributed by atoms with E-state index in [4.69, 9.17) is 13.8 Å². The van der Waals surface area contributed by atoms with Gasteiger partial charge in [0.2, 0.25) is 10.4 Å². The topological polar surface area (TPSA) is 195 Å². The van der Waals surface area contributed by atoms with E-state index in [1.807, 2.05) is 6.92 Å². The number of aliphatic hydroxyl groups excluding tert-OH is 2. The van der Waals surface area contributed by atoms with E-state index in [0.29, 0.717) is 18.8 Å². The first-order valence-electron chi connectivity index (χ1n) is 15.2. The van der Waals surface area contributed by atoms with Crippen molar-refractivity contribution < 1.29 is 115 Å². The van der Waals surface area contributed by atoms with Gasteiger partial charge < -0.3 is 38.6 Å². The molecule has 4 aliphatic carbocycles. The second-order valence-electron chi connectivity index (χ2n) is 14.7. The normalized spacial score (nSPS) is 50.2. The van der Waals surface area contributed by atoms with E-state index in [0.717, 1.165) is 13.5 Å². The van der Waals surface area contributed by atoms with Crippen LogP contribution in [-0.2, 0) is 32.9 Å². The minimum atomic E-state index is -5.32. The summed E-state index contributed by atoms with van der Waals surface area (Å²) in [5.74, 6) is -4.74. The van der Waals surface area contributed by atoms with Gasteiger partial charge in [0.15, 0.2) is 5.79 Å². The molecule has 3 N–H and O–H groups in total. The van der Waals surface area contributed by atoms with Crippen LogP contribution in [0.4, 0.5) is 0 Å². The van der Waals surface area contributed by atoms with Crippen LogP contribution in [0, 0.1) is 58.2 Å². The number of rotatable bonds is 7. The predicted octanol–water partition coefficient (Wildman–Crippen LogP) is -3.82. The van der Waals surface area contributed by atoms with Gasteiger partial charge in [-0.1, -0.05) is 41.5 Å². The zero-order chi connectivity index (χ0) is 31.4. The van der Waals surface area contributed by atoms with Crippen molar-refractivity contribution in [1.82, 2.24) is 0 Å². The van der Waals surface area contributed by atoms with Gasteiger partial charge in [-0.2, -0.15) is 0 Å². The molecule has 12 nitrogen and oxygen atoms in total. The smallest absolute Gasteiger partial charge is 0.756 e. The van der Waals surface area contributed by atoms with Crippen LogP contribution >= 0.6 is 7.82 Å². The first-order valence-corrected chi connectivity index (χ1v) is 18.0. The van der Waals surface area contributed by atoms with Crippen LogP contribution in [0.2, 0.25) is 0 Å². The maximum atomic E-state index is 12.9. The zero-order valence-corrected chi connectivity index (χ0v) is 33.1. The van der Waals surface area contributed by atoms with Gasteiger partial charge in [0.25, 0.3) is 7.82 Å². The Labute approximate surface area is 305 Å². The molecule has 0 amide bonds. The molecule has 1 unspecified atom stereocenters. The molecule has 5 fully saturated rings. The van der Waals surface area contributed by atoms with Crippen LogP contribution in [0.5, 0.6) is 0 Å². The number of hydrogen-bond donors (Lipinski definition) is 3. The number of phosphoric acid groups is 1. The monoisotopic (exact) mass is 684 g/mol. The largest absolute Gasteiger partial charge is 1.00 e. The van der Waals surface area contributed by atoms with E-state index in [-0.39, 0.29) is 102 Å². The van der Waals surface area contributed by atoms with Crippen LogP contribution < -0.4 is 64.0 Å². The molecule has 0 spiro atoms. The molecular weight excluding hydrogens is 637 g/mol. The summed E-state index contributed by atoms with van der Waals surface area (Å²) in [5.41, 5.74) is -1.45. The van der Waals surface area contributed by atoms with Gasteiger partial charge in [-0.25, -0.2) is 12.6 Å². The fraction of sp³-hybridized carbons (Fsp3) is 1.00. The van der Waals surface area contributed by atoms with E-state index in [1.54, 1.807) is 0 Å². The Kier molecular flexibility index (Phi) is 12.4. The molecule has 16 atom stereocenters. The maximum Gasteiger partial charge on any atom is 1.00 e. The number of aliphatic hydroxyl groups is 3. The van der Waals surface area contributed by atoms with Crippen molar-refractivity contribution >= 4 is 18.2 Å². The molecule has 0 aromatic carbocycles.